The van der Waals surface area contributed by atoms with Crippen LogP contribution in [-0.2, 0) is 0 Å². The zero-order valence-electron chi connectivity index (χ0n) is 8.00. The Morgan fingerprint density at radius 1 is 1.46 bits per heavy atom. The number of halogens is 1. The zero-order chi connectivity index (χ0) is 9.84. The lowest BCUT2D eigenvalue weighted by Gasteiger charge is -2.14. The maximum Gasteiger partial charge on any atom is 0.148 e. The van der Waals surface area contributed by atoms with Gasteiger partial charge in [0, 0.05) is 20.6 Å². The van der Waals surface area contributed by atoms with E-state index < -0.39 is 0 Å². The molecule has 0 bridgehead atoms. The second kappa shape index (κ2) is 4.41. The van der Waals surface area contributed by atoms with Gasteiger partial charge in [0.2, 0.25) is 0 Å². The van der Waals surface area contributed by atoms with Crippen LogP contribution >= 0.6 is 15.9 Å². The van der Waals surface area contributed by atoms with Gasteiger partial charge in [0.25, 0.3) is 0 Å². The maximum absolute atomic E-state index is 4.15. The third kappa shape index (κ3) is 2.30. The van der Waals surface area contributed by atoms with Crippen LogP contribution in [0.5, 0.6) is 0 Å². The molecule has 0 radical (unpaired) electrons. The van der Waals surface area contributed by atoms with E-state index >= 15 is 0 Å². The van der Waals surface area contributed by atoms with Crippen molar-refractivity contribution in [2.45, 2.75) is 6.92 Å². The number of hydrogen-bond acceptors (Lipinski definition) is 4. The van der Waals surface area contributed by atoms with E-state index in [1.807, 2.05) is 25.9 Å². The van der Waals surface area contributed by atoms with E-state index in [2.05, 4.69) is 31.2 Å². The summed E-state index contributed by atoms with van der Waals surface area (Å²) >= 11 is 3.45. The minimum absolute atomic E-state index is 0.834. The molecule has 1 aromatic heterocycles. The van der Waals surface area contributed by atoms with Gasteiger partial charge in [-0.25, -0.2) is 9.97 Å². The first-order valence-electron chi connectivity index (χ1n) is 4.08. The Morgan fingerprint density at radius 2 is 2.15 bits per heavy atom. The van der Waals surface area contributed by atoms with Gasteiger partial charge < -0.3 is 10.2 Å². The molecule has 0 aliphatic heterocycles. The van der Waals surface area contributed by atoms with Crippen molar-refractivity contribution in [1.82, 2.24) is 9.97 Å². The lowest BCUT2D eigenvalue weighted by Crippen LogP contribution is -2.13. The molecule has 0 saturated heterocycles. The van der Waals surface area contributed by atoms with Crippen molar-refractivity contribution in [2.24, 2.45) is 0 Å². The van der Waals surface area contributed by atoms with E-state index in [0.717, 1.165) is 22.7 Å². The average Bonchev–Trinajstić information content (AvgIpc) is 2.08. The maximum atomic E-state index is 4.15. The van der Waals surface area contributed by atoms with Gasteiger partial charge >= 0.3 is 0 Å². The summed E-state index contributed by atoms with van der Waals surface area (Å²) in [5.74, 6) is 1.71. The van der Waals surface area contributed by atoms with E-state index in [-0.39, 0.29) is 0 Å². The van der Waals surface area contributed by atoms with Crippen LogP contribution in [0.2, 0.25) is 0 Å². The normalized spacial score (nSPS) is 9.85. The van der Waals surface area contributed by atoms with Gasteiger partial charge in [-0.3, -0.25) is 0 Å². The molecule has 0 unspecified atom stereocenters. The van der Waals surface area contributed by atoms with Gasteiger partial charge in [0.15, 0.2) is 0 Å². The Bertz CT molecular complexity index is 287. The molecule has 72 valence electrons. The Kier molecular flexibility index (Phi) is 3.48. The quantitative estimate of drug-likeness (QED) is 0.880. The van der Waals surface area contributed by atoms with Crippen molar-refractivity contribution in [1.29, 1.82) is 0 Å². The number of rotatable bonds is 3. The first-order chi connectivity index (χ1) is 6.16. The number of hydrogen-bond donors (Lipinski definition) is 1. The third-order valence-electron chi connectivity index (χ3n) is 1.54. The second-order valence-electron chi connectivity index (χ2n) is 2.78. The van der Waals surface area contributed by atoms with E-state index in [0.29, 0.717) is 0 Å². The van der Waals surface area contributed by atoms with Crippen LogP contribution in [0.4, 0.5) is 11.6 Å². The fraction of sp³-hybridized carbons (Fsp3) is 0.500. The smallest absolute Gasteiger partial charge is 0.148 e. The molecule has 0 aliphatic carbocycles. The van der Waals surface area contributed by atoms with Crippen LogP contribution in [0.15, 0.2) is 10.8 Å². The fourth-order valence-electron chi connectivity index (χ4n) is 0.963. The van der Waals surface area contributed by atoms with Gasteiger partial charge in [-0.05, 0) is 22.9 Å². The molecule has 4 nitrogen and oxygen atoms in total. The summed E-state index contributed by atoms with van der Waals surface area (Å²) in [7, 11) is 3.89. The van der Waals surface area contributed by atoms with Crippen molar-refractivity contribution in [3.05, 3.63) is 10.8 Å². The average molecular weight is 245 g/mol. The number of nitrogens with zero attached hydrogens (tertiary/aromatic N) is 3. The molecule has 0 amide bonds. The Labute approximate surface area is 86.5 Å². The molecule has 1 heterocycles. The Hall–Kier alpha value is -0.840. The molecule has 0 fully saturated rings. The second-order valence-corrected chi connectivity index (χ2v) is 3.58. The number of nitrogens with one attached hydrogen (secondary N) is 1. The topological polar surface area (TPSA) is 41.1 Å². The van der Waals surface area contributed by atoms with Crippen LogP contribution in [0.1, 0.15) is 6.92 Å². The van der Waals surface area contributed by atoms with Crippen LogP contribution in [0.25, 0.3) is 0 Å². The highest BCUT2D eigenvalue weighted by Crippen LogP contribution is 2.27. The van der Waals surface area contributed by atoms with Crippen LogP contribution in [0, 0.1) is 0 Å². The van der Waals surface area contributed by atoms with Crippen molar-refractivity contribution in [2.75, 3.05) is 30.9 Å². The van der Waals surface area contributed by atoms with Gasteiger partial charge in [0.05, 0.1) is 0 Å². The molecule has 0 spiro atoms. The first kappa shape index (κ1) is 10.2. The Morgan fingerprint density at radius 3 is 2.69 bits per heavy atom. The molecule has 5 heteroatoms. The third-order valence-corrected chi connectivity index (χ3v) is 2.27. The van der Waals surface area contributed by atoms with Crippen molar-refractivity contribution >= 4 is 27.6 Å². The summed E-state index contributed by atoms with van der Waals surface area (Å²) in [6.45, 7) is 2.88. The highest BCUT2D eigenvalue weighted by atomic mass is 79.9. The van der Waals surface area contributed by atoms with Crippen LogP contribution in [-0.4, -0.2) is 30.6 Å². The number of aromatic nitrogens is 2. The minimum atomic E-state index is 0.834. The molecule has 1 rings (SSSR count). The standard InChI is InChI=1S/C8H13BrN4/c1-4-10-7-6(9)8(13(2)3)12-5-11-7/h5H,4H2,1-3H3,(H,10,11,12). The summed E-state index contributed by atoms with van der Waals surface area (Å²) in [5.41, 5.74) is 0. The fourth-order valence-corrected chi connectivity index (χ4v) is 1.66. The summed E-state index contributed by atoms with van der Waals surface area (Å²) < 4.78 is 0.904. The summed E-state index contributed by atoms with van der Waals surface area (Å²) in [5, 5.41) is 3.15. The van der Waals surface area contributed by atoms with Gasteiger partial charge in [-0.15, -0.1) is 0 Å². The predicted molar refractivity (Wildman–Crippen MR) is 58.2 cm³/mol. The Balaban J connectivity index is 3.03. The highest BCUT2D eigenvalue weighted by Gasteiger charge is 2.08. The molecule has 1 aromatic rings. The molecule has 0 aliphatic rings. The number of anilines is 2. The van der Waals surface area contributed by atoms with Gasteiger partial charge in [-0.1, -0.05) is 0 Å². The summed E-state index contributed by atoms with van der Waals surface area (Å²) in [6.07, 6.45) is 1.55. The predicted octanol–water partition coefficient (Wildman–Crippen LogP) is 1.74. The van der Waals surface area contributed by atoms with Crippen LogP contribution < -0.4 is 10.2 Å². The molecule has 0 atom stereocenters. The lowest BCUT2D eigenvalue weighted by molar-refractivity contribution is 1.02. The highest BCUT2D eigenvalue weighted by molar-refractivity contribution is 9.10. The van der Waals surface area contributed by atoms with Gasteiger partial charge in [-0.2, -0.15) is 0 Å². The SMILES string of the molecule is CCNc1ncnc(N(C)C)c1Br. The molecule has 0 aromatic carbocycles. The summed E-state index contributed by atoms with van der Waals surface area (Å²) in [6, 6.07) is 0. The van der Waals surface area contributed by atoms with E-state index in [4.69, 9.17) is 0 Å². The molecular weight excluding hydrogens is 232 g/mol. The first-order valence-corrected chi connectivity index (χ1v) is 4.87. The van der Waals surface area contributed by atoms with Gasteiger partial charge in [0.1, 0.15) is 22.4 Å². The molecule has 1 N–H and O–H groups in total. The zero-order valence-corrected chi connectivity index (χ0v) is 9.59. The minimum Gasteiger partial charge on any atom is -0.369 e. The largest absolute Gasteiger partial charge is 0.369 e. The van der Waals surface area contributed by atoms with E-state index in [1.54, 1.807) is 6.33 Å². The monoisotopic (exact) mass is 244 g/mol. The van der Waals surface area contributed by atoms with Crippen molar-refractivity contribution in [3.8, 4) is 0 Å². The van der Waals surface area contributed by atoms with Crippen molar-refractivity contribution < 1.29 is 0 Å². The lowest BCUT2D eigenvalue weighted by atomic mass is 10.5. The van der Waals surface area contributed by atoms with E-state index in [9.17, 15) is 0 Å². The van der Waals surface area contributed by atoms with E-state index in [1.165, 1.54) is 0 Å². The van der Waals surface area contributed by atoms with Crippen molar-refractivity contribution in [3.63, 3.8) is 0 Å². The van der Waals surface area contributed by atoms with Crippen LogP contribution in [0.3, 0.4) is 0 Å². The molecule has 0 saturated carbocycles. The molecular formula is C8H13BrN4. The molecule has 13 heavy (non-hydrogen) atoms. The summed E-state index contributed by atoms with van der Waals surface area (Å²) in [4.78, 5) is 10.2.